The van der Waals surface area contributed by atoms with Crippen LogP contribution in [0.1, 0.15) is 23.0 Å². The van der Waals surface area contributed by atoms with Crippen LogP contribution in [0.4, 0.5) is 8.78 Å². The van der Waals surface area contributed by atoms with Crippen LogP contribution in [0.5, 0.6) is 5.88 Å². The second-order valence-corrected chi connectivity index (χ2v) is 3.88. The van der Waals surface area contributed by atoms with Crippen LogP contribution in [0.2, 0.25) is 0 Å². The third kappa shape index (κ3) is 2.82. The third-order valence-electron chi connectivity index (χ3n) is 2.48. The van der Waals surface area contributed by atoms with Crippen LogP contribution in [0.15, 0.2) is 18.2 Å². The van der Waals surface area contributed by atoms with E-state index in [-0.39, 0.29) is 34.1 Å². The molecule has 1 heterocycles. The Labute approximate surface area is 118 Å². The third-order valence-corrected chi connectivity index (χ3v) is 2.48. The Morgan fingerprint density at radius 3 is 2.21 bits per heavy atom. The fourth-order valence-corrected chi connectivity index (χ4v) is 1.77. The van der Waals surface area contributed by atoms with E-state index in [1.165, 1.54) is 13.8 Å². The monoisotopic (exact) mass is 307 g/mol. The zero-order valence-corrected chi connectivity index (χ0v) is 11.3. The number of ketones is 1. The Balaban J connectivity index is 0.00000180. The number of Topliss-reactive ketones (excluding diaryl/α,β-unsaturated/α-hetero) is 1. The number of hydrogen-bond acceptors (Lipinski definition) is 3. The molecule has 2 rings (SSSR count). The number of nitrogens with zero attached hydrogens (tertiary/aromatic N) is 2. The van der Waals surface area contributed by atoms with Crippen LogP contribution in [0.3, 0.4) is 0 Å². The first-order valence-corrected chi connectivity index (χ1v) is 5.16. The Hall–Kier alpha value is -1.72. The summed E-state index contributed by atoms with van der Waals surface area (Å²) < 4.78 is 27.1. The fraction of sp³-hybridized carbons (Fsp3) is 0.167. The molecule has 0 bridgehead atoms. The van der Waals surface area contributed by atoms with E-state index in [1.54, 1.807) is 0 Å². The number of aryl methyl sites for hydroxylation is 1. The predicted octanol–water partition coefficient (Wildman–Crippen LogP) is 2.36. The Bertz CT molecular complexity index is 621. The zero-order valence-electron chi connectivity index (χ0n) is 10.1. The maximum atomic E-state index is 13.1. The average molecular weight is 307 g/mol. The van der Waals surface area contributed by atoms with Crippen molar-refractivity contribution in [2.45, 2.75) is 13.8 Å². The van der Waals surface area contributed by atoms with Crippen molar-refractivity contribution in [3.8, 4) is 11.6 Å². The smallest absolute Gasteiger partial charge is 0.225 e. The van der Waals surface area contributed by atoms with E-state index in [2.05, 4.69) is 5.10 Å². The first kappa shape index (κ1) is 15.3. The van der Waals surface area contributed by atoms with Crippen molar-refractivity contribution in [2.75, 3.05) is 0 Å². The Kier molecular flexibility index (Phi) is 4.44. The first-order chi connectivity index (χ1) is 8.40. The van der Waals surface area contributed by atoms with Crippen molar-refractivity contribution in [3.05, 3.63) is 41.1 Å². The predicted molar refractivity (Wildman–Crippen MR) is 59.9 cm³/mol. The molecule has 0 saturated heterocycles. The molecule has 1 aromatic carbocycles. The number of hydrogen-bond donors (Lipinski definition) is 1. The molecule has 0 fully saturated rings. The van der Waals surface area contributed by atoms with E-state index in [9.17, 15) is 18.7 Å². The summed E-state index contributed by atoms with van der Waals surface area (Å²) >= 11 is 0. The second-order valence-electron chi connectivity index (χ2n) is 3.88. The molecule has 0 atom stereocenters. The summed E-state index contributed by atoms with van der Waals surface area (Å²) in [6.07, 6.45) is 0. The summed E-state index contributed by atoms with van der Waals surface area (Å²) in [7, 11) is 0. The number of halogens is 2. The SMILES string of the molecule is CC(=O)c1c(C)nn(-c2cc(F)cc(F)c2)c1O.[Mn]. The molecule has 2 aromatic rings. The van der Waals surface area contributed by atoms with Crippen LogP contribution >= 0.6 is 0 Å². The van der Waals surface area contributed by atoms with E-state index >= 15 is 0 Å². The first-order valence-electron chi connectivity index (χ1n) is 5.16. The standard InChI is InChI=1S/C12H10F2N2O2.Mn/c1-6-11(7(2)17)12(18)16(15-6)10-4-8(13)3-9(14)5-10;/h3-5,18H,1-2H3;. The van der Waals surface area contributed by atoms with Crippen LogP contribution in [-0.2, 0) is 17.1 Å². The van der Waals surface area contributed by atoms with Crippen molar-refractivity contribution in [1.82, 2.24) is 9.78 Å². The summed E-state index contributed by atoms with van der Waals surface area (Å²) in [5.74, 6) is -2.37. The van der Waals surface area contributed by atoms with Crippen molar-refractivity contribution in [3.63, 3.8) is 0 Å². The van der Waals surface area contributed by atoms with E-state index in [0.717, 1.165) is 16.8 Å². The minimum Gasteiger partial charge on any atom is -0.493 e. The molecule has 4 nitrogen and oxygen atoms in total. The minimum absolute atomic E-state index is 0. The zero-order chi connectivity index (χ0) is 13.4. The summed E-state index contributed by atoms with van der Waals surface area (Å²) in [6.45, 7) is 2.81. The van der Waals surface area contributed by atoms with Crippen LogP contribution in [-0.4, -0.2) is 20.7 Å². The van der Waals surface area contributed by atoms with E-state index in [0.29, 0.717) is 11.8 Å². The number of aromatic nitrogens is 2. The summed E-state index contributed by atoms with van der Waals surface area (Å²) in [5.41, 5.74) is 0.352. The molecule has 0 amide bonds. The largest absolute Gasteiger partial charge is 0.493 e. The fourth-order valence-electron chi connectivity index (χ4n) is 1.77. The molecule has 7 heteroatoms. The van der Waals surface area contributed by atoms with Crippen molar-refractivity contribution >= 4 is 5.78 Å². The number of rotatable bonds is 2. The van der Waals surface area contributed by atoms with E-state index < -0.39 is 17.5 Å². The quantitative estimate of drug-likeness (QED) is 0.684. The van der Waals surface area contributed by atoms with Crippen LogP contribution in [0.25, 0.3) is 5.69 Å². The van der Waals surface area contributed by atoms with Gasteiger partial charge in [0.05, 0.1) is 11.4 Å². The molecule has 0 aliphatic carbocycles. The summed E-state index contributed by atoms with van der Waals surface area (Å²) in [5, 5.41) is 13.7. The number of carbonyl (C=O) groups excluding carboxylic acids is 1. The van der Waals surface area contributed by atoms with Gasteiger partial charge in [-0.05, 0) is 26.0 Å². The van der Waals surface area contributed by atoms with Crippen molar-refractivity contribution in [2.24, 2.45) is 0 Å². The summed E-state index contributed by atoms with van der Waals surface area (Å²) in [4.78, 5) is 11.3. The van der Waals surface area contributed by atoms with Crippen LogP contribution in [0, 0.1) is 18.6 Å². The summed E-state index contributed by atoms with van der Waals surface area (Å²) in [6, 6.07) is 2.74. The number of aromatic hydroxyl groups is 1. The van der Waals surface area contributed by atoms with Gasteiger partial charge in [0, 0.05) is 23.1 Å². The van der Waals surface area contributed by atoms with Crippen LogP contribution < -0.4 is 0 Å². The molecule has 0 aliphatic rings. The molecule has 0 saturated carbocycles. The minimum atomic E-state index is -0.790. The molecule has 0 spiro atoms. The van der Waals surface area contributed by atoms with E-state index in [4.69, 9.17) is 0 Å². The van der Waals surface area contributed by atoms with Gasteiger partial charge in [-0.2, -0.15) is 5.10 Å². The Morgan fingerprint density at radius 2 is 1.79 bits per heavy atom. The molecular weight excluding hydrogens is 297 g/mol. The molecule has 1 radical (unpaired) electrons. The van der Waals surface area contributed by atoms with Gasteiger partial charge < -0.3 is 5.11 Å². The number of carbonyl (C=O) groups is 1. The average Bonchev–Trinajstić information content (AvgIpc) is 2.52. The Morgan fingerprint density at radius 1 is 1.26 bits per heavy atom. The molecule has 0 unspecified atom stereocenters. The van der Waals surface area contributed by atoms with Gasteiger partial charge >= 0.3 is 0 Å². The molecule has 0 aliphatic heterocycles. The molecule has 19 heavy (non-hydrogen) atoms. The van der Waals surface area contributed by atoms with Crippen molar-refractivity contribution in [1.29, 1.82) is 0 Å². The second kappa shape index (κ2) is 5.50. The van der Waals surface area contributed by atoms with Gasteiger partial charge in [0.2, 0.25) is 5.88 Å². The molecule has 101 valence electrons. The maximum Gasteiger partial charge on any atom is 0.225 e. The maximum absolute atomic E-state index is 13.1. The van der Waals surface area contributed by atoms with Crippen molar-refractivity contribution < 1.29 is 35.8 Å². The van der Waals surface area contributed by atoms with Gasteiger partial charge in [0.25, 0.3) is 0 Å². The van der Waals surface area contributed by atoms with Gasteiger partial charge in [-0.3, -0.25) is 4.79 Å². The van der Waals surface area contributed by atoms with Gasteiger partial charge in [-0.15, -0.1) is 0 Å². The van der Waals surface area contributed by atoms with Gasteiger partial charge in [0.15, 0.2) is 5.78 Å². The van der Waals surface area contributed by atoms with Gasteiger partial charge in [-0.1, -0.05) is 0 Å². The number of benzene rings is 1. The topological polar surface area (TPSA) is 55.1 Å². The van der Waals surface area contributed by atoms with E-state index in [1.807, 2.05) is 0 Å². The molecule has 1 N–H and O–H groups in total. The molecular formula is C12H10F2MnN2O2. The normalized spacial score (nSPS) is 10.1. The molecule has 1 aromatic heterocycles. The van der Waals surface area contributed by atoms with Gasteiger partial charge in [-0.25, -0.2) is 13.5 Å². The van der Waals surface area contributed by atoms with Gasteiger partial charge in [0.1, 0.15) is 17.2 Å².